The molecule has 0 rings (SSSR count). The van der Waals surface area contributed by atoms with Crippen LogP contribution in [0.5, 0.6) is 0 Å². The first-order valence-electron chi connectivity index (χ1n) is 4.23. The third-order valence-electron chi connectivity index (χ3n) is 1.44. The van der Waals surface area contributed by atoms with E-state index in [9.17, 15) is 4.79 Å². The second-order valence-corrected chi connectivity index (χ2v) is 2.89. The van der Waals surface area contributed by atoms with Crippen molar-refractivity contribution in [1.82, 2.24) is 0 Å². The van der Waals surface area contributed by atoms with Gasteiger partial charge in [-0.05, 0) is 26.2 Å². The van der Waals surface area contributed by atoms with Gasteiger partial charge in [0.05, 0.1) is 6.61 Å². The normalized spacial score (nSPS) is 10.2. The van der Waals surface area contributed by atoms with Crippen molar-refractivity contribution in [1.29, 1.82) is 0 Å². The maximum atomic E-state index is 10.8. The number of carbonyl (C=O) groups is 1. The topological polar surface area (TPSA) is 66.8 Å². The van der Waals surface area contributed by atoms with Crippen LogP contribution in [0.3, 0.4) is 0 Å². The van der Waals surface area contributed by atoms with E-state index in [2.05, 4.69) is 6.58 Å². The summed E-state index contributed by atoms with van der Waals surface area (Å²) >= 11 is 0. The molecule has 0 saturated carbocycles. The van der Waals surface area contributed by atoms with Gasteiger partial charge < -0.3 is 14.9 Å². The fourth-order valence-corrected chi connectivity index (χ4v) is 0.717. The molecule has 0 aliphatic carbocycles. The van der Waals surface area contributed by atoms with Gasteiger partial charge in [-0.2, -0.15) is 0 Å². The molecule has 0 aromatic carbocycles. The molecule has 4 heteroatoms. The largest absolute Gasteiger partial charge is 0.462 e. The first-order valence-corrected chi connectivity index (χ1v) is 4.23. The molecule has 0 amide bonds. The Morgan fingerprint density at radius 3 is 2.54 bits per heavy atom. The number of hydrogen-bond donors (Lipinski definition) is 2. The molecule has 0 bridgehead atoms. The molecule has 0 atom stereocenters. The molecule has 0 fully saturated rings. The van der Waals surface area contributed by atoms with Gasteiger partial charge in [0.25, 0.3) is 0 Å². The average Bonchev–Trinajstić information content (AvgIpc) is 2.02. The Bertz CT molecular complexity index is 174. The maximum Gasteiger partial charge on any atom is 0.333 e. The van der Waals surface area contributed by atoms with Gasteiger partial charge in [-0.3, -0.25) is 0 Å². The van der Waals surface area contributed by atoms with E-state index in [4.69, 9.17) is 14.9 Å². The van der Waals surface area contributed by atoms with E-state index in [0.29, 0.717) is 31.4 Å². The van der Waals surface area contributed by atoms with E-state index in [1.807, 2.05) is 0 Å². The van der Waals surface area contributed by atoms with E-state index in [1.165, 1.54) is 0 Å². The van der Waals surface area contributed by atoms with E-state index >= 15 is 0 Å². The Hall–Kier alpha value is -0.870. The number of unbranched alkanes of at least 4 members (excludes halogenated alkanes) is 1. The van der Waals surface area contributed by atoms with Gasteiger partial charge >= 0.3 is 5.97 Å². The van der Waals surface area contributed by atoms with Gasteiger partial charge in [0.2, 0.25) is 0 Å². The van der Waals surface area contributed by atoms with Crippen molar-refractivity contribution >= 4 is 5.97 Å². The Labute approximate surface area is 77.8 Å². The lowest BCUT2D eigenvalue weighted by atomic mass is 10.2. The lowest BCUT2D eigenvalue weighted by molar-refractivity contribution is -0.139. The van der Waals surface area contributed by atoms with E-state index in [-0.39, 0.29) is 0 Å². The van der Waals surface area contributed by atoms with Gasteiger partial charge in [-0.15, -0.1) is 0 Å². The number of ether oxygens (including phenoxy) is 1. The highest BCUT2D eigenvalue weighted by atomic mass is 16.5. The van der Waals surface area contributed by atoms with Crippen LogP contribution in [-0.2, 0) is 9.53 Å². The highest BCUT2D eigenvalue weighted by molar-refractivity contribution is 5.86. The fraction of sp³-hybridized carbons (Fsp3) is 0.667. The Morgan fingerprint density at radius 1 is 1.46 bits per heavy atom. The lowest BCUT2D eigenvalue weighted by Gasteiger charge is -2.04. The number of aliphatic hydroxyl groups is 2. The quantitative estimate of drug-likeness (QED) is 0.277. The second-order valence-electron chi connectivity index (χ2n) is 2.89. The molecule has 0 heterocycles. The van der Waals surface area contributed by atoms with Crippen LogP contribution in [0.4, 0.5) is 0 Å². The number of esters is 1. The minimum atomic E-state index is -1.27. The molecular weight excluding hydrogens is 172 g/mol. The molecule has 0 unspecified atom stereocenters. The molecular formula is C9H16O4. The van der Waals surface area contributed by atoms with Crippen LogP contribution >= 0.6 is 0 Å². The van der Waals surface area contributed by atoms with Crippen LogP contribution in [0, 0.1) is 0 Å². The molecule has 13 heavy (non-hydrogen) atoms. The minimum absolute atomic E-state index is 0.304. The third-order valence-corrected chi connectivity index (χ3v) is 1.44. The van der Waals surface area contributed by atoms with Crippen molar-refractivity contribution in [3.05, 3.63) is 12.2 Å². The van der Waals surface area contributed by atoms with Crippen molar-refractivity contribution in [3.63, 3.8) is 0 Å². The smallest absolute Gasteiger partial charge is 0.333 e. The zero-order valence-electron chi connectivity index (χ0n) is 7.82. The highest BCUT2D eigenvalue weighted by Gasteiger charge is 2.02. The molecule has 76 valence electrons. The standard InChI is InChI=1S/C9H16O4/c1-7(2)9(12)13-6-4-3-5-8(10)11/h8,10-11H,1,3-6H2,2H3. The number of carbonyl (C=O) groups excluding carboxylic acids is 1. The van der Waals surface area contributed by atoms with Crippen LogP contribution in [0.15, 0.2) is 12.2 Å². The molecule has 0 aromatic rings. The van der Waals surface area contributed by atoms with E-state index in [0.717, 1.165) is 0 Å². The first-order chi connectivity index (χ1) is 6.04. The zero-order valence-corrected chi connectivity index (χ0v) is 7.82. The Kier molecular flexibility index (Phi) is 6.18. The van der Waals surface area contributed by atoms with E-state index in [1.54, 1.807) is 6.92 Å². The van der Waals surface area contributed by atoms with Crippen molar-refractivity contribution < 1.29 is 19.7 Å². The average molecular weight is 188 g/mol. The molecule has 0 aliphatic rings. The molecule has 0 spiro atoms. The lowest BCUT2D eigenvalue weighted by Crippen LogP contribution is -2.08. The van der Waals surface area contributed by atoms with Crippen LogP contribution in [0.25, 0.3) is 0 Å². The summed E-state index contributed by atoms with van der Waals surface area (Å²) in [6.07, 6.45) is 0.305. The summed E-state index contributed by atoms with van der Waals surface area (Å²) in [6.45, 7) is 5.31. The summed E-state index contributed by atoms with van der Waals surface area (Å²) in [6, 6.07) is 0. The van der Waals surface area contributed by atoms with Crippen LogP contribution in [0.2, 0.25) is 0 Å². The highest BCUT2D eigenvalue weighted by Crippen LogP contribution is 2.00. The summed E-state index contributed by atoms with van der Waals surface area (Å²) in [4.78, 5) is 10.8. The third kappa shape index (κ3) is 7.49. The maximum absolute atomic E-state index is 10.8. The zero-order chi connectivity index (χ0) is 10.3. The van der Waals surface area contributed by atoms with Gasteiger partial charge in [0, 0.05) is 5.57 Å². The monoisotopic (exact) mass is 188 g/mol. The van der Waals surface area contributed by atoms with Crippen molar-refractivity contribution in [2.45, 2.75) is 32.5 Å². The van der Waals surface area contributed by atoms with Gasteiger partial charge in [0.1, 0.15) is 0 Å². The SMILES string of the molecule is C=C(C)C(=O)OCCCCC(O)O. The summed E-state index contributed by atoms with van der Waals surface area (Å²) in [5, 5.41) is 17.0. The summed E-state index contributed by atoms with van der Waals surface area (Å²) < 4.78 is 4.78. The molecule has 4 nitrogen and oxygen atoms in total. The predicted octanol–water partition coefficient (Wildman–Crippen LogP) is 0.587. The first kappa shape index (κ1) is 12.1. The fourth-order valence-electron chi connectivity index (χ4n) is 0.717. The van der Waals surface area contributed by atoms with Gasteiger partial charge in [0.15, 0.2) is 6.29 Å². The summed E-state index contributed by atoms with van der Waals surface area (Å²) in [7, 11) is 0. The summed E-state index contributed by atoms with van der Waals surface area (Å²) in [5.74, 6) is -0.399. The van der Waals surface area contributed by atoms with Crippen LogP contribution in [-0.4, -0.2) is 29.1 Å². The summed E-state index contributed by atoms with van der Waals surface area (Å²) in [5.41, 5.74) is 0.377. The number of rotatable bonds is 6. The number of hydrogen-bond acceptors (Lipinski definition) is 4. The molecule has 0 aliphatic heterocycles. The van der Waals surface area contributed by atoms with Crippen molar-refractivity contribution in [2.24, 2.45) is 0 Å². The second kappa shape index (κ2) is 6.62. The van der Waals surface area contributed by atoms with E-state index < -0.39 is 12.3 Å². The molecule has 2 N–H and O–H groups in total. The Morgan fingerprint density at radius 2 is 2.08 bits per heavy atom. The van der Waals surface area contributed by atoms with Crippen LogP contribution < -0.4 is 0 Å². The van der Waals surface area contributed by atoms with Crippen LogP contribution in [0.1, 0.15) is 26.2 Å². The van der Waals surface area contributed by atoms with Crippen molar-refractivity contribution in [2.75, 3.05) is 6.61 Å². The Balaban J connectivity index is 3.26. The molecule has 0 aromatic heterocycles. The molecule has 0 saturated heterocycles. The van der Waals surface area contributed by atoms with Crippen molar-refractivity contribution in [3.8, 4) is 0 Å². The predicted molar refractivity (Wildman–Crippen MR) is 47.8 cm³/mol. The van der Waals surface area contributed by atoms with Gasteiger partial charge in [-0.25, -0.2) is 4.79 Å². The minimum Gasteiger partial charge on any atom is -0.462 e. The molecule has 0 radical (unpaired) electrons. The number of aliphatic hydroxyl groups excluding tert-OH is 1. The van der Waals surface area contributed by atoms with Gasteiger partial charge in [-0.1, -0.05) is 6.58 Å².